The quantitative estimate of drug-likeness (QED) is 0.740. The van der Waals surface area contributed by atoms with Gasteiger partial charge in [0.1, 0.15) is 5.60 Å². The van der Waals surface area contributed by atoms with Gasteiger partial charge in [-0.2, -0.15) is 0 Å². The van der Waals surface area contributed by atoms with E-state index in [0.717, 1.165) is 0 Å². The van der Waals surface area contributed by atoms with Crippen LogP contribution in [0.2, 0.25) is 0 Å². The van der Waals surface area contributed by atoms with E-state index < -0.39 is 16.9 Å². The predicted octanol–water partition coefficient (Wildman–Crippen LogP) is 1.84. The average molecular weight is 230 g/mol. The van der Waals surface area contributed by atoms with E-state index >= 15 is 0 Å². The highest BCUT2D eigenvalue weighted by Gasteiger charge is 2.68. The van der Waals surface area contributed by atoms with Gasteiger partial charge in [0.25, 0.3) is 0 Å². The highest BCUT2D eigenvalue weighted by Crippen LogP contribution is 2.58. The Labute approximate surface area is 99.5 Å². The summed E-state index contributed by atoms with van der Waals surface area (Å²) >= 11 is 0. The van der Waals surface area contributed by atoms with Crippen molar-refractivity contribution in [2.24, 2.45) is 11.3 Å². The molecule has 0 saturated heterocycles. The summed E-state index contributed by atoms with van der Waals surface area (Å²) in [5.74, 6) is -0.948. The lowest BCUT2D eigenvalue weighted by molar-refractivity contribution is -0.148. The molecule has 0 amide bonds. The summed E-state index contributed by atoms with van der Waals surface area (Å²) in [5.41, 5.74) is -1.19. The number of Topliss-reactive ketones (excluding diaryl/α,β-unsaturated/α-hetero) is 2. The molecule has 1 fully saturated rings. The number of ketones is 2. The van der Waals surface area contributed by atoms with Gasteiger partial charge in [-0.1, -0.05) is 38.1 Å². The molecule has 0 heterocycles. The first kappa shape index (κ1) is 10.7. The van der Waals surface area contributed by atoms with Gasteiger partial charge in [-0.15, -0.1) is 0 Å². The van der Waals surface area contributed by atoms with Crippen molar-refractivity contribution < 1.29 is 14.7 Å². The van der Waals surface area contributed by atoms with Crippen LogP contribution < -0.4 is 0 Å². The highest BCUT2D eigenvalue weighted by atomic mass is 16.3. The molecule has 2 aliphatic carbocycles. The Morgan fingerprint density at radius 1 is 1.18 bits per heavy atom. The SMILES string of the molecule is CC1(C)C[C@H]2C(=O)c3ccccc3C(=O)[C@]21O. The number of rotatable bonds is 0. The van der Waals surface area contributed by atoms with Crippen molar-refractivity contribution in [1.29, 1.82) is 0 Å². The van der Waals surface area contributed by atoms with Gasteiger partial charge >= 0.3 is 0 Å². The van der Waals surface area contributed by atoms with Crippen molar-refractivity contribution in [2.75, 3.05) is 0 Å². The van der Waals surface area contributed by atoms with Crippen LogP contribution in [0.15, 0.2) is 24.3 Å². The van der Waals surface area contributed by atoms with Gasteiger partial charge in [0, 0.05) is 16.5 Å². The van der Waals surface area contributed by atoms with Crippen LogP contribution in [0.1, 0.15) is 41.0 Å². The summed E-state index contributed by atoms with van der Waals surface area (Å²) in [5, 5.41) is 10.6. The van der Waals surface area contributed by atoms with E-state index in [1.807, 2.05) is 13.8 Å². The molecule has 3 nitrogen and oxygen atoms in total. The Morgan fingerprint density at radius 2 is 1.76 bits per heavy atom. The number of aliphatic hydroxyl groups is 1. The van der Waals surface area contributed by atoms with E-state index in [9.17, 15) is 14.7 Å². The molecular formula is C14H14O3. The minimum atomic E-state index is -1.50. The van der Waals surface area contributed by atoms with Gasteiger partial charge in [0.15, 0.2) is 11.6 Å². The van der Waals surface area contributed by atoms with E-state index in [0.29, 0.717) is 17.5 Å². The van der Waals surface area contributed by atoms with Crippen molar-refractivity contribution in [3.05, 3.63) is 35.4 Å². The molecule has 3 rings (SSSR count). The Bertz CT molecular complexity index is 544. The first-order chi connectivity index (χ1) is 7.89. The molecule has 0 bridgehead atoms. The largest absolute Gasteiger partial charge is 0.380 e. The van der Waals surface area contributed by atoms with Gasteiger partial charge in [-0.05, 0) is 6.42 Å². The second kappa shape index (κ2) is 2.85. The second-order valence-electron chi connectivity index (χ2n) is 5.65. The second-order valence-corrected chi connectivity index (χ2v) is 5.65. The normalized spacial score (nSPS) is 33.7. The smallest absolute Gasteiger partial charge is 0.196 e. The lowest BCUT2D eigenvalue weighted by atomic mass is 9.46. The zero-order chi connectivity index (χ0) is 12.4. The molecule has 1 saturated carbocycles. The summed E-state index contributed by atoms with van der Waals surface area (Å²) in [6.45, 7) is 3.67. The Kier molecular flexibility index (Phi) is 1.79. The van der Waals surface area contributed by atoms with E-state index in [4.69, 9.17) is 0 Å². The lowest BCUT2D eigenvalue weighted by Crippen LogP contribution is -2.70. The maximum Gasteiger partial charge on any atom is 0.196 e. The fourth-order valence-electron chi connectivity index (χ4n) is 3.19. The van der Waals surface area contributed by atoms with Crippen LogP contribution in [0.5, 0.6) is 0 Å². The zero-order valence-corrected chi connectivity index (χ0v) is 9.86. The molecule has 88 valence electrons. The molecule has 17 heavy (non-hydrogen) atoms. The van der Waals surface area contributed by atoms with Gasteiger partial charge in [-0.25, -0.2) is 0 Å². The molecule has 3 heteroatoms. The third kappa shape index (κ3) is 1.01. The summed E-state index contributed by atoms with van der Waals surface area (Å²) in [6, 6.07) is 6.76. The van der Waals surface area contributed by atoms with Crippen LogP contribution in [0.25, 0.3) is 0 Å². The number of hydrogen-bond donors (Lipinski definition) is 1. The van der Waals surface area contributed by atoms with Crippen LogP contribution in [0.3, 0.4) is 0 Å². The maximum absolute atomic E-state index is 12.4. The molecule has 1 N–H and O–H groups in total. The summed E-state index contributed by atoms with van der Waals surface area (Å²) in [7, 11) is 0. The fraction of sp³-hybridized carbons (Fsp3) is 0.429. The minimum Gasteiger partial charge on any atom is -0.380 e. The van der Waals surface area contributed by atoms with Crippen molar-refractivity contribution in [1.82, 2.24) is 0 Å². The molecule has 2 aliphatic rings. The third-order valence-corrected chi connectivity index (χ3v) is 4.35. The standard InChI is InChI=1S/C14H14O3/c1-13(2)7-10-11(15)8-5-3-4-6-9(8)12(16)14(10,13)17/h3-6,10,17H,7H2,1-2H3/t10-,14+/m0/s1. The lowest BCUT2D eigenvalue weighted by Gasteiger charge is -2.58. The molecule has 0 spiro atoms. The predicted molar refractivity (Wildman–Crippen MR) is 61.9 cm³/mol. The number of carbonyl (C=O) groups is 2. The monoisotopic (exact) mass is 230 g/mol. The zero-order valence-electron chi connectivity index (χ0n) is 9.86. The number of fused-ring (bicyclic) bond motifs is 2. The molecule has 1 aromatic rings. The molecule has 0 unspecified atom stereocenters. The highest BCUT2D eigenvalue weighted by molar-refractivity contribution is 6.20. The number of benzene rings is 1. The van der Waals surface area contributed by atoms with Crippen molar-refractivity contribution in [3.63, 3.8) is 0 Å². The topological polar surface area (TPSA) is 54.4 Å². The van der Waals surface area contributed by atoms with E-state index in [2.05, 4.69) is 0 Å². The first-order valence-electron chi connectivity index (χ1n) is 5.80. The molecule has 2 atom stereocenters. The fourth-order valence-corrected chi connectivity index (χ4v) is 3.19. The van der Waals surface area contributed by atoms with Gasteiger partial charge in [-0.3, -0.25) is 9.59 Å². The number of carbonyl (C=O) groups excluding carboxylic acids is 2. The van der Waals surface area contributed by atoms with Crippen LogP contribution >= 0.6 is 0 Å². The molecular weight excluding hydrogens is 216 g/mol. The van der Waals surface area contributed by atoms with Crippen molar-refractivity contribution >= 4 is 11.6 Å². The van der Waals surface area contributed by atoms with Crippen LogP contribution in [0.4, 0.5) is 0 Å². The molecule has 0 aliphatic heterocycles. The van der Waals surface area contributed by atoms with Crippen molar-refractivity contribution in [3.8, 4) is 0 Å². The van der Waals surface area contributed by atoms with Gasteiger partial charge in [0.2, 0.25) is 0 Å². The Morgan fingerprint density at radius 3 is 2.35 bits per heavy atom. The molecule has 1 aromatic carbocycles. The Hall–Kier alpha value is -1.48. The Balaban J connectivity index is 2.24. The third-order valence-electron chi connectivity index (χ3n) is 4.35. The maximum atomic E-state index is 12.4. The average Bonchev–Trinajstić information content (AvgIpc) is 2.32. The van der Waals surface area contributed by atoms with E-state index in [1.165, 1.54) is 0 Å². The van der Waals surface area contributed by atoms with E-state index in [1.54, 1.807) is 24.3 Å². The number of hydrogen-bond acceptors (Lipinski definition) is 3. The summed E-state index contributed by atoms with van der Waals surface area (Å²) < 4.78 is 0. The van der Waals surface area contributed by atoms with Crippen LogP contribution in [0, 0.1) is 11.3 Å². The molecule has 0 aromatic heterocycles. The van der Waals surface area contributed by atoms with Crippen LogP contribution in [-0.2, 0) is 0 Å². The minimum absolute atomic E-state index is 0.0953. The van der Waals surface area contributed by atoms with Gasteiger partial charge in [0.05, 0.1) is 5.92 Å². The summed E-state index contributed by atoms with van der Waals surface area (Å²) in [4.78, 5) is 24.6. The first-order valence-corrected chi connectivity index (χ1v) is 5.80. The van der Waals surface area contributed by atoms with E-state index in [-0.39, 0.29) is 11.6 Å². The van der Waals surface area contributed by atoms with Crippen LogP contribution in [-0.4, -0.2) is 22.3 Å². The van der Waals surface area contributed by atoms with Gasteiger partial charge < -0.3 is 5.11 Å². The van der Waals surface area contributed by atoms with Crippen molar-refractivity contribution in [2.45, 2.75) is 25.9 Å². The molecule has 0 radical (unpaired) electrons. The summed E-state index contributed by atoms with van der Waals surface area (Å²) in [6.07, 6.45) is 0.572.